The molecule has 0 saturated heterocycles. The number of unbranched alkanes of at least 4 members (excludes halogenated alkanes) is 2. The van der Waals surface area contributed by atoms with Gasteiger partial charge in [0.2, 0.25) is 0 Å². The first-order valence-electron chi connectivity index (χ1n) is 11.9. The highest BCUT2D eigenvalue weighted by atomic mass is 16.5. The summed E-state index contributed by atoms with van der Waals surface area (Å²) < 4.78 is 6.61. The van der Waals surface area contributed by atoms with E-state index >= 15 is 0 Å². The van der Waals surface area contributed by atoms with E-state index in [1.54, 1.807) is 13.0 Å². The molecule has 0 aliphatic heterocycles. The van der Waals surface area contributed by atoms with Crippen molar-refractivity contribution >= 4 is 11.6 Å². The third-order valence-corrected chi connectivity index (χ3v) is 9.19. The van der Waals surface area contributed by atoms with Crippen LogP contribution in [0.2, 0.25) is 0 Å². The fourth-order valence-corrected chi connectivity index (χ4v) is 7.63. The molecule has 0 amide bonds. The van der Waals surface area contributed by atoms with Crippen molar-refractivity contribution in [3.8, 4) is 0 Å². The number of hydrogen-bond donors (Lipinski definition) is 0. The number of ketones is 2. The number of Topliss-reactive ketones (excluding diaryl/α,β-unsaturated/α-hetero) is 1. The number of fused-ring (bicyclic) bond motifs is 5. The molecular formula is C26H38O3. The molecule has 3 fully saturated rings. The third-order valence-electron chi connectivity index (χ3n) is 9.19. The zero-order valence-electron chi connectivity index (χ0n) is 18.7. The Balaban J connectivity index is 1.67. The second kappa shape index (κ2) is 7.80. The molecule has 4 aliphatic carbocycles. The summed E-state index contributed by atoms with van der Waals surface area (Å²) in [6.45, 7) is 9.52. The molecule has 0 unspecified atom stereocenters. The molecule has 29 heavy (non-hydrogen) atoms. The topological polar surface area (TPSA) is 43.4 Å². The van der Waals surface area contributed by atoms with Crippen LogP contribution in [-0.4, -0.2) is 24.3 Å². The van der Waals surface area contributed by atoms with Crippen LogP contribution in [0.25, 0.3) is 0 Å². The first kappa shape index (κ1) is 21.0. The predicted molar refractivity (Wildman–Crippen MR) is 115 cm³/mol. The Morgan fingerprint density at radius 2 is 1.97 bits per heavy atom. The predicted octanol–water partition coefficient (Wildman–Crippen LogP) is 5.68. The molecule has 0 radical (unpaired) electrons. The monoisotopic (exact) mass is 398 g/mol. The first-order valence-corrected chi connectivity index (χ1v) is 11.9. The zero-order valence-corrected chi connectivity index (χ0v) is 18.7. The fourth-order valence-electron chi connectivity index (χ4n) is 7.63. The van der Waals surface area contributed by atoms with Crippen LogP contribution in [0.5, 0.6) is 0 Å². The Labute approximate surface area is 176 Å². The number of allylic oxidation sites excluding steroid dienone is 4. The van der Waals surface area contributed by atoms with Gasteiger partial charge in [-0.15, -0.1) is 0 Å². The van der Waals surface area contributed by atoms with Crippen molar-refractivity contribution in [2.45, 2.75) is 85.2 Å². The first-order chi connectivity index (χ1) is 13.8. The molecule has 0 aromatic carbocycles. The van der Waals surface area contributed by atoms with Crippen molar-refractivity contribution < 1.29 is 14.3 Å². The molecule has 3 nitrogen and oxygen atoms in total. The van der Waals surface area contributed by atoms with Gasteiger partial charge in [-0.25, -0.2) is 0 Å². The highest BCUT2D eigenvalue weighted by Gasteiger charge is 2.63. The summed E-state index contributed by atoms with van der Waals surface area (Å²) in [5.74, 6) is 2.31. The normalized spacial score (nSPS) is 43.4. The SMILES string of the molecule is CCCCCO[C@H]1C[C@H]2[C@@H](CCC3=CC(=O)C=C[C@@]32C)[C@@H]2CC[C@H](C(C)=O)[C@@]12C. The molecule has 0 aromatic heterocycles. The van der Waals surface area contributed by atoms with Crippen LogP contribution in [0.1, 0.15) is 79.1 Å². The van der Waals surface area contributed by atoms with Gasteiger partial charge in [0.1, 0.15) is 5.78 Å². The van der Waals surface area contributed by atoms with Gasteiger partial charge in [-0.2, -0.15) is 0 Å². The van der Waals surface area contributed by atoms with E-state index in [-0.39, 0.29) is 28.6 Å². The lowest BCUT2D eigenvalue weighted by molar-refractivity contribution is -0.160. The van der Waals surface area contributed by atoms with Crippen LogP contribution < -0.4 is 0 Å². The molecule has 3 saturated carbocycles. The van der Waals surface area contributed by atoms with E-state index < -0.39 is 0 Å². The van der Waals surface area contributed by atoms with Gasteiger partial charge in [0, 0.05) is 23.4 Å². The Kier molecular flexibility index (Phi) is 5.65. The number of hydrogen-bond acceptors (Lipinski definition) is 3. The smallest absolute Gasteiger partial charge is 0.178 e. The van der Waals surface area contributed by atoms with E-state index in [1.807, 2.05) is 6.08 Å². The van der Waals surface area contributed by atoms with Crippen LogP contribution in [0.4, 0.5) is 0 Å². The largest absolute Gasteiger partial charge is 0.378 e. The summed E-state index contributed by atoms with van der Waals surface area (Å²) in [5, 5.41) is 0. The van der Waals surface area contributed by atoms with Crippen molar-refractivity contribution in [2.75, 3.05) is 6.61 Å². The maximum atomic E-state index is 12.6. The van der Waals surface area contributed by atoms with Crippen LogP contribution in [-0.2, 0) is 14.3 Å². The van der Waals surface area contributed by atoms with Gasteiger partial charge < -0.3 is 4.74 Å². The van der Waals surface area contributed by atoms with E-state index in [0.717, 1.165) is 45.1 Å². The highest BCUT2D eigenvalue weighted by molar-refractivity contribution is 6.01. The van der Waals surface area contributed by atoms with Gasteiger partial charge in [0.25, 0.3) is 0 Å². The fraction of sp³-hybridized carbons (Fsp3) is 0.769. The van der Waals surface area contributed by atoms with Crippen LogP contribution >= 0.6 is 0 Å². The molecule has 0 heterocycles. The van der Waals surface area contributed by atoms with E-state index in [9.17, 15) is 9.59 Å². The second-order valence-corrected chi connectivity index (χ2v) is 10.5. The summed E-state index contributed by atoms with van der Waals surface area (Å²) in [5.41, 5.74) is 1.25. The van der Waals surface area contributed by atoms with Crippen LogP contribution in [0, 0.1) is 34.5 Å². The number of carbonyl (C=O) groups is 2. The number of ether oxygens (including phenoxy) is 1. The Morgan fingerprint density at radius 3 is 2.69 bits per heavy atom. The van der Waals surface area contributed by atoms with E-state index in [1.165, 1.54) is 18.4 Å². The summed E-state index contributed by atoms with van der Waals surface area (Å²) in [7, 11) is 0. The lowest BCUT2D eigenvalue weighted by Crippen LogP contribution is -2.57. The van der Waals surface area contributed by atoms with Crippen molar-refractivity contribution in [3.05, 3.63) is 23.8 Å². The maximum Gasteiger partial charge on any atom is 0.178 e. The summed E-state index contributed by atoms with van der Waals surface area (Å²) in [6, 6.07) is 0. The number of rotatable bonds is 6. The van der Waals surface area contributed by atoms with Crippen molar-refractivity contribution in [2.24, 2.45) is 34.5 Å². The molecule has 0 aromatic rings. The van der Waals surface area contributed by atoms with Gasteiger partial charge >= 0.3 is 0 Å². The second-order valence-electron chi connectivity index (χ2n) is 10.5. The summed E-state index contributed by atoms with van der Waals surface area (Å²) in [4.78, 5) is 24.6. The van der Waals surface area contributed by atoms with E-state index in [0.29, 0.717) is 23.5 Å². The van der Waals surface area contributed by atoms with Crippen molar-refractivity contribution in [1.29, 1.82) is 0 Å². The standard InChI is InChI=1S/C26H38O3/c1-5-6-7-14-29-24-16-23-20(22-11-10-21(17(2)27)26(22,24)4)9-8-18-15-19(28)12-13-25(18,23)3/h12-13,15,20-24H,5-11,14,16H2,1-4H3/t20-,21+,22-,23-,24-,25-,26+/m0/s1. The van der Waals surface area contributed by atoms with E-state index in [4.69, 9.17) is 4.74 Å². The molecule has 0 bridgehead atoms. The molecule has 3 heteroatoms. The minimum Gasteiger partial charge on any atom is -0.378 e. The zero-order chi connectivity index (χ0) is 20.8. The van der Waals surface area contributed by atoms with Gasteiger partial charge in [0.05, 0.1) is 6.10 Å². The summed E-state index contributed by atoms with van der Waals surface area (Å²) in [6.07, 6.45) is 14.9. The Bertz CT molecular complexity index is 734. The molecule has 4 rings (SSSR count). The average molecular weight is 399 g/mol. The average Bonchev–Trinajstić information content (AvgIpc) is 3.04. The molecular weight excluding hydrogens is 360 g/mol. The molecule has 160 valence electrons. The minimum atomic E-state index is -0.0367. The van der Waals surface area contributed by atoms with Gasteiger partial charge in [-0.3, -0.25) is 9.59 Å². The third kappa shape index (κ3) is 3.28. The quantitative estimate of drug-likeness (QED) is 0.540. The summed E-state index contributed by atoms with van der Waals surface area (Å²) >= 11 is 0. The highest BCUT2D eigenvalue weighted by Crippen LogP contribution is 2.66. The lowest BCUT2D eigenvalue weighted by Gasteiger charge is -2.59. The van der Waals surface area contributed by atoms with Crippen LogP contribution in [0.3, 0.4) is 0 Å². The van der Waals surface area contributed by atoms with E-state index in [2.05, 4.69) is 26.8 Å². The molecule has 4 aliphatic rings. The van der Waals surface area contributed by atoms with Gasteiger partial charge in [0.15, 0.2) is 5.78 Å². The van der Waals surface area contributed by atoms with Crippen molar-refractivity contribution in [1.82, 2.24) is 0 Å². The van der Waals surface area contributed by atoms with Crippen LogP contribution in [0.15, 0.2) is 23.8 Å². The Hall–Kier alpha value is -1.22. The van der Waals surface area contributed by atoms with Gasteiger partial charge in [-0.1, -0.05) is 45.3 Å². The number of carbonyl (C=O) groups excluding carboxylic acids is 2. The Morgan fingerprint density at radius 1 is 1.17 bits per heavy atom. The molecule has 0 spiro atoms. The maximum absolute atomic E-state index is 12.6. The lowest BCUT2D eigenvalue weighted by atomic mass is 9.46. The van der Waals surface area contributed by atoms with Crippen molar-refractivity contribution in [3.63, 3.8) is 0 Å². The van der Waals surface area contributed by atoms with Gasteiger partial charge in [-0.05, 0) is 75.4 Å². The minimum absolute atomic E-state index is 0.0303. The molecule has 7 atom stereocenters. The molecule has 0 N–H and O–H groups in total.